The van der Waals surface area contributed by atoms with Crippen molar-refractivity contribution in [1.82, 2.24) is 9.88 Å². The van der Waals surface area contributed by atoms with Gasteiger partial charge in [-0.05, 0) is 0 Å². The number of primary amides is 1. The van der Waals surface area contributed by atoms with E-state index in [1.165, 1.54) is 16.2 Å². The van der Waals surface area contributed by atoms with Gasteiger partial charge in [-0.15, -0.1) is 11.3 Å². The first-order valence-corrected chi connectivity index (χ1v) is 4.87. The van der Waals surface area contributed by atoms with Crippen LogP contribution in [0.25, 0.3) is 0 Å². The Labute approximate surface area is 85.5 Å². The maximum absolute atomic E-state index is 11.6. The number of carbonyl (C=O) groups excluding carboxylic acids is 2. The molecule has 1 aromatic heterocycles. The van der Waals surface area contributed by atoms with Crippen LogP contribution in [0.15, 0.2) is 10.9 Å². The first-order chi connectivity index (χ1) is 6.54. The summed E-state index contributed by atoms with van der Waals surface area (Å²) in [6, 6.07) is 0. The van der Waals surface area contributed by atoms with Crippen LogP contribution >= 0.6 is 11.3 Å². The number of likely N-dealkylation sites (N-methyl/N-ethyl adjacent to an activating group) is 1. The molecule has 0 aliphatic rings. The Balaban J connectivity index is 2.97. The zero-order valence-corrected chi connectivity index (χ0v) is 8.75. The molecule has 0 saturated carbocycles. The lowest BCUT2D eigenvalue weighted by Gasteiger charge is -2.15. The largest absolute Gasteiger partial charge is 0.369 e. The minimum absolute atomic E-state index is 0.344. The van der Waals surface area contributed by atoms with Gasteiger partial charge in [0.2, 0.25) is 11.8 Å². The van der Waals surface area contributed by atoms with Crippen molar-refractivity contribution >= 4 is 23.2 Å². The number of nitrogens with two attached hydrogens (primary N) is 1. The molecule has 0 aliphatic heterocycles. The fourth-order valence-corrected chi connectivity index (χ4v) is 1.60. The van der Waals surface area contributed by atoms with Gasteiger partial charge in [0.25, 0.3) is 0 Å². The van der Waals surface area contributed by atoms with Crippen LogP contribution < -0.4 is 5.73 Å². The molecule has 1 rings (SSSR count). The van der Waals surface area contributed by atoms with Crippen LogP contribution in [0.2, 0.25) is 0 Å². The minimum atomic E-state index is -0.962. The topological polar surface area (TPSA) is 76.3 Å². The Bertz CT molecular complexity index is 334. The fraction of sp³-hybridized carbons (Fsp3) is 0.375. The van der Waals surface area contributed by atoms with Crippen molar-refractivity contribution in [2.75, 3.05) is 14.1 Å². The molecule has 14 heavy (non-hydrogen) atoms. The highest BCUT2D eigenvalue weighted by atomic mass is 32.1. The molecule has 2 amide bonds. The summed E-state index contributed by atoms with van der Waals surface area (Å²) in [6.45, 7) is 0. The number of carbonyl (C=O) groups is 2. The van der Waals surface area contributed by atoms with Crippen LogP contribution in [0.5, 0.6) is 0 Å². The number of hydrogen-bond donors (Lipinski definition) is 1. The number of hydrogen-bond acceptors (Lipinski definition) is 4. The number of aromatic nitrogens is 1. The van der Waals surface area contributed by atoms with E-state index in [2.05, 4.69) is 4.98 Å². The SMILES string of the molecule is CN(C)C(=O)C(C(N)=O)c1cscn1. The Morgan fingerprint density at radius 1 is 1.57 bits per heavy atom. The van der Waals surface area contributed by atoms with E-state index in [0.29, 0.717) is 5.69 Å². The van der Waals surface area contributed by atoms with Gasteiger partial charge in [-0.1, -0.05) is 0 Å². The summed E-state index contributed by atoms with van der Waals surface area (Å²) in [5.74, 6) is -1.98. The monoisotopic (exact) mass is 213 g/mol. The molecule has 1 heterocycles. The van der Waals surface area contributed by atoms with E-state index in [4.69, 9.17) is 5.73 Å². The molecule has 0 aromatic carbocycles. The molecule has 0 saturated heterocycles. The molecule has 0 radical (unpaired) electrons. The molecule has 1 aromatic rings. The first kappa shape index (κ1) is 10.6. The third-order valence-electron chi connectivity index (χ3n) is 1.72. The van der Waals surface area contributed by atoms with Crippen LogP contribution in [0.4, 0.5) is 0 Å². The van der Waals surface area contributed by atoms with Crippen molar-refractivity contribution in [3.05, 3.63) is 16.6 Å². The molecule has 5 nitrogen and oxygen atoms in total. The van der Waals surface area contributed by atoms with Gasteiger partial charge in [0.1, 0.15) is 0 Å². The summed E-state index contributed by atoms with van der Waals surface area (Å²) in [6.07, 6.45) is 0. The van der Waals surface area contributed by atoms with E-state index in [-0.39, 0.29) is 5.91 Å². The van der Waals surface area contributed by atoms with E-state index in [1.54, 1.807) is 25.0 Å². The maximum atomic E-state index is 11.6. The van der Waals surface area contributed by atoms with Crippen LogP contribution in [-0.2, 0) is 9.59 Å². The van der Waals surface area contributed by atoms with E-state index in [0.717, 1.165) is 0 Å². The average Bonchev–Trinajstić information content (AvgIpc) is 2.56. The van der Waals surface area contributed by atoms with Gasteiger partial charge in [-0.25, -0.2) is 4.98 Å². The standard InChI is InChI=1S/C8H11N3O2S/c1-11(2)8(13)6(7(9)12)5-3-14-4-10-5/h3-4,6H,1-2H3,(H2,9,12). The second kappa shape index (κ2) is 4.19. The Hall–Kier alpha value is -1.43. The maximum Gasteiger partial charge on any atom is 0.240 e. The second-order valence-corrected chi connectivity index (χ2v) is 3.70. The molecule has 0 aliphatic carbocycles. The van der Waals surface area contributed by atoms with Crippen LogP contribution in [-0.4, -0.2) is 35.8 Å². The van der Waals surface area contributed by atoms with Gasteiger partial charge in [0.05, 0.1) is 11.2 Å². The summed E-state index contributed by atoms with van der Waals surface area (Å²) < 4.78 is 0. The molecule has 76 valence electrons. The van der Waals surface area contributed by atoms with Crippen LogP contribution in [0.1, 0.15) is 11.6 Å². The normalized spacial score (nSPS) is 12.1. The molecule has 2 N–H and O–H groups in total. The summed E-state index contributed by atoms with van der Waals surface area (Å²) >= 11 is 1.32. The highest BCUT2D eigenvalue weighted by molar-refractivity contribution is 7.07. The van der Waals surface area contributed by atoms with Gasteiger partial charge in [-0.2, -0.15) is 0 Å². The number of thiazole rings is 1. The van der Waals surface area contributed by atoms with Gasteiger partial charge in [0, 0.05) is 19.5 Å². The van der Waals surface area contributed by atoms with Crippen molar-refractivity contribution < 1.29 is 9.59 Å². The number of amides is 2. The summed E-state index contributed by atoms with van der Waals surface area (Å²) in [4.78, 5) is 27.9. The van der Waals surface area contributed by atoms with Crippen LogP contribution in [0.3, 0.4) is 0 Å². The third-order valence-corrected chi connectivity index (χ3v) is 2.32. The predicted octanol–water partition coefficient (Wildman–Crippen LogP) is -0.200. The predicted molar refractivity (Wildman–Crippen MR) is 52.7 cm³/mol. The highest BCUT2D eigenvalue weighted by Crippen LogP contribution is 2.17. The molecular weight excluding hydrogens is 202 g/mol. The van der Waals surface area contributed by atoms with E-state index >= 15 is 0 Å². The molecule has 1 atom stereocenters. The zero-order chi connectivity index (χ0) is 10.7. The first-order valence-electron chi connectivity index (χ1n) is 3.92. The molecule has 0 bridgehead atoms. The Morgan fingerprint density at radius 2 is 2.21 bits per heavy atom. The van der Waals surface area contributed by atoms with Crippen molar-refractivity contribution in [3.63, 3.8) is 0 Å². The Kier molecular flexibility index (Phi) is 3.19. The van der Waals surface area contributed by atoms with Gasteiger partial charge in [-0.3, -0.25) is 9.59 Å². The van der Waals surface area contributed by atoms with Crippen molar-refractivity contribution in [2.45, 2.75) is 5.92 Å². The van der Waals surface area contributed by atoms with Gasteiger partial charge >= 0.3 is 0 Å². The quantitative estimate of drug-likeness (QED) is 0.706. The zero-order valence-electron chi connectivity index (χ0n) is 7.93. The summed E-state index contributed by atoms with van der Waals surface area (Å²) in [5, 5.41) is 1.65. The lowest BCUT2D eigenvalue weighted by atomic mass is 10.0. The third kappa shape index (κ3) is 2.08. The summed E-state index contributed by atoms with van der Waals surface area (Å²) in [7, 11) is 3.15. The van der Waals surface area contributed by atoms with Crippen molar-refractivity contribution in [1.29, 1.82) is 0 Å². The van der Waals surface area contributed by atoms with Crippen molar-refractivity contribution in [2.24, 2.45) is 5.73 Å². The van der Waals surface area contributed by atoms with E-state index in [9.17, 15) is 9.59 Å². The lowest BCUT2D eigenvalue weighted by molar-refractivity contribution is -0.135. The van der Waals surface area contributed by atoms with E-state index < -0.39 is 11.8 Å². The smallest absolute Gasteiger partial charge is 0.240 e. The molecule has 0 fully saturated rings. The number of rotatable bonds is 3. The minimum Gasteiger partial charge on any atom is -0.369 e. The molecule has 0 spiro atoms. The van der Waals surface area contributed by atoms with Crippen molar-refractivity contribution in [3.8, 4) is 0 Å². The number of nitrogens with zero attached hydrogens (tertiary/aromatic N) is 2. The van der Waals surface area contributed by atoms with Crippen LogP contribution in [0, 0.1) is 0 Å². The molecule has 1 unspecified atom stereocenters. The Morgan fingerprint density at radius 3 is 2.57 bits per heavy atom. The average molecular weight is 213 g/mol. The lowest BCUT2D eigenvalue weighted by Crippen LogP contribution is -2.36. The van der Waals surface area contributed by atoms with Gasteiger partial charge in [0.15, 0.2) is 5.92 Å². The second-order valence-electron chi connectivity index (χ2n) is 2.98. The van der Waals surface area contributed by atoms with E-state index in [1.807, 2.05) is 0 Å². The highest BCUT2D eigenvalue weighted by Gasteiger charge is 2.29. The van der Waals surface area contributed by atoms with Gasteiger partial charge < -0.3 is 10.6 Å². The molecule has 6 heteroatoms. The molecular formula is C8H11N3O2S. The summed E-state index contributed by atoms with van der Waals surface area (Å²) in [5.41, 5.74) is 7.13. The fourth-order valence-electron chi connectivity index (χ4n) is 1.02.